The molecule has 8 nitrogen and oxygen atoms in total. The van der Waals surface area contributed by atoms with Crippen molar-refractivity contribution in [2.75, 3.05) is 0 Å². The van der Waals surface area contributed by atoms with Gasteiger partial charge in [0.25, 0.3) is 0 Å². The van der Waals surface area contributed by atoms with E-state index in [2.05, 4.69) is 15.9 Å². The zero-order chi connectivity index (χ0) is 23.6. The Bertz CT molecular complexity index is 1500. The van der Waals surface area contributed by atoms with E-state index in [0.717, 1.165) is 11.1 Å². The summed E-state index contributed by atoms with van der Waals surface area (Å²) in [6.45, 7) is 0. The molecule has 0 aliphatic rings. The minimum Gasteiger partial charge on any atom is -0.504 e. The van der Waals surface area contributed by atoms with Crippen molar-refractivity contribution in [2.24, 2.45) is 0 Å². The van der Waals surface area contributed by atoms with Crippen molar-refractivity contribution < 1.29 is 35.7 Å². The predicted octanol–water partition coefficient (Wildman–Crippen LogP) is 5.15. The molecule has 0 bridgehead atoms. The minimum absolute atomic E-state index is 0.0877. The van der Waals surface area contributed by atoms with Crippen LogP contribution in [-0.2, 0) is 0 Å². The maximum Gasteiger partial charge on any atom is 0.206 e. The molecular formula is C24H16BrNO7. The molecule has 0 aliphatic carbocycles. The number of rotatable bonds is 2. The Morgan fingerprint density at radius 1 is 0.485 bits per heavy atom. The van der Waals surface area contributed by atoms with Crippen molar-refractivity contribution in [3.05, 3.63) is 59.1 Å². The lowest BCUT2D eigenvalue weighted by molar-refractivity contribution is 0.350. The van der Waals surface area contributed by atoms with Crippen LogP contribution < -0.4 is 0 Å². The second kappa shape index (κ2) is 7.14. The Balaban J connectivity index is 1.95. The molecular weight excluding hydrogens is 494 g/mol. The van der Waals surface area contributed by atoms with E-state index in [1.807, 2.05) is 30.3 Å². The Morgan fingerprint density at radius 3 is 1.58 bits per heavy atom. The third-order valence-electron chi connectivity index (χ3n) is 5.64. The number of halogens is 1. The van der Waals surface area contributed by atoms with Gasteiger partial charge < -0.3 is 40.3 Å². The molecule has 0 aliphatic heterocycles. The minimum atomic E-state index is -1.01. The smallest absolute Gasteiger partial charge is 0.206 e. The first-order chi connectivity index (χ1) is 15.7. The average Bonchev–Trinajstić information content (AvgIpc) is 3.20. The second-order valence-electron chi connectivity index (χ2n) is 7.45. The van der Waals surface area contributed by atoms with Crippen molar-refractivity contribution in [1.29, 1.82) is 0 Å². The molecule has 166 valence electrons. The molecule has 0 amide bonds. The van der Waals surface area contributed by atoms with E-state index in [1.54, 1.807) is 24.3 Å². The van der Waals surface area contributed by atoms with Crippen LogP contribution in [0.15, 0.2) is 59.1 Å². The molecule has 5 aromatic rings. The largest absolute Gasteiger partial charge is 0.504 e. The number of nitrogens with zero attached hydrogens (tertiary/aromatic N) is 1. The van der Waals surface area contributed by atoms with E-state index in [9.17, 15) is 35.7 Å². The van der Waals surface area contributed by atoms with Crippen LogP contribution in [0.1, 0.15) is 0 Å². The molecule has 1 aromatic heterocycles. The number of benzene rings is 4. The lowest BCUT2D eigenvalue weighted by Crippen LogP contribution is -1.95. The Labute approximate surface area is 194 Å². The fraction of sp³-hybridized carbons (Fsp3) is 0. The SMILES string of the molecule is Oc1c(O)c(O)c2c(c1O)c1c(O)c(O)c(Br)c(O)c1n2-c1ccc(-c2ccccc2)cc1. The van der Waals surface area contributed by atoms with Crippen LogP contribution in [-0.4, -0.2) is 40.3 Å². The maximum absolute atomic E-state index is 10.8. The summed E-state index contributed by atoms with van der Waals surface area (Å²) in [5.41, 5.74) is 1.95. The van der Waals surface area contributed by atoms with Gasteiger partial charge in [-0.2, -0.15) is 0 Å². The summed E-state index contributed by atoms with van der Waals surface area (Å²) in [6.07, 6.45) is 0. The van der Waals surface area contributed by atoms with Crippen LogP contribution in [0.4, 0.5) is 0 Å². The quantitative estimate of drug-likeness (QED) is 0.128. The first-order valence-corrected chi connectivity index (χ1v) is 10.5. The van der Waals surface area contributed by atoms with Crippen LogP contribution in [0.25, 0.3) is 38.6 Å². The molecule has 0 unspecified atom stereocenters. The van der Waals surface area contributed by atoms with E-state index in [1.165, 1.54) is 4.57 Å². The maximum atomic E-state index is 10.8. The highest BCUT2D eigenvalue weighted by Crippen LogP contribution is 2.58. The Morgan fingerprint density at radius 2 is 0.970 bits per heavy atom. The van der Waals surface area contributed by atoms with Gasteiger partial charge in [-0.1, -0.05) is 42.5 Å². The molecule has 0 saturated carbocycles. The van der Waals surface area contributed by atoms with Crippen molar-refractivity contribution in [3.8, 4) is 57.1 Å². The highest BCUT2D eigenvalue weighted by atomic mass is 79.9. The Kier molecular flexibility index (Phi) is 4.47. The molecule has 5 rings (SSSR count). The number of phenols is 7. The monoisotopic (exact) mass is 509 g/mol. The number of aromatic nitrogens is 1. The van der Waals surface area contributed by atoms with Gasteiger partial charge in [0.1, 0.15) is 15.5 Å². The van der Waals surface area contributed by atoms with Crippen LogP contribution in [0.3, 0.4) is 0 Å². The normalized spacial score (nSPS) is 11.4. The lowest BCUT2D eigenvalue weighted by Gasteiger charge is -2.13. The lowest BCUT2D eigenvalue weighted by atomic mass is 10.1. The Hall–Kier alpha value is -4.24. The van der Waals surface area contributed by atoms with Gasteiger partial charge in [0.15, 0.2) is 28.7 Å². The molecule has 33 heavy (non-hydrogen) atoms. The van der Waals surface area contributed by atoms with E-state index in [4.69, 9.17) is 0 Å². The van der Waals surface area contributed by atoms with Crippen LogP contribution in [0.5, 0.6) is 40.2 Å². The topological polar surface area (TPSA) is 147 Å². The van der Waals surface area contributed by atoms with Gasteiger partial charge in [-0.3, -0.25) is 0 Å². The van der Waals surface area contributed by atoms with Crippen molar-refractivity contribution >= 4 is 37.7 Å². The summed E-state index contributed by atoms with van der Waals surface area (Å²) in [6, 6.07) is 16.5. The number of hydrogen-bond acceptors (Lipinski definition) is 7. The molecule has 9 heteroatoms. The van der Waals surface area contributed by atoms with Gasteiger partial charge in [0, 0.05) is 5.69 Å². The van der Waals surface area contributed by atoms with E-state index in [0.29, 0.717) is 5.69 Å². The highest BCUT2D eigenvalue weighted by Gasteiger charge is 2.31. The van der Waals surface area contributed by atoms with Crippen LogP contribution in [0, 0.1) is 0 Å². The first-order valence-electron chi connectivity index (χ1n) is 9.66. The first kappa shape index (κ1) is 20.7. The van der Waals surface area contributed by atoms with Gasteiger partial charge in [0.05, 0.1) is 10.8 Å². The van der Waals surface area contributed by atoms with Crippen LogP contribution in [0.2, 0.25) is 0 Å². The van der Waals surface area contributed by atoms with E-state index in [-0.39, 0.29) is 26.3 Å². The molecule has 0 fully saturated rings. The zero-order valence-corrected chi connectivity index (χ0v) is 18.2. The summed E-state index contributed by atoms with van der Waals surface area (Å²) in [5.74, 6) is -5.54. The summed E-state index contributed by atoms with van der Waals surface area (Å²) < 4.78 is 1.08. The number of aromatic hydroxyl groups is 7. The van der Waals surface area contributed by atoms with Gasteiger partial charge >= 0.3 is 0 Å². The molecule has 0 radical (unpaired) electrons. The standard InChI is InChI=1S/C24H16BrNO7/c25-15-20(29)16-13(18(27)21(15)30)14-17(22(31)24(33)23(32)19(14)28)26(16)12-8-6-11(7-9-12)10-4-2-1-3-5-10/h1-9,27-33H. The molecule has 0 spiro atoms. The van der Waals surface area contributed by atoms with Crippen molar-refractivity contribution in [2.45, 2.75) is 0 Å². The van der Waals surface area contributed by atoms with Crippen LogP contribution >= 0.6 is 15.9 Å². The second-order valence-corrected chi connectivity index (χ2v) is 8.24. The zero-order valence-electron chi connectivity index (χ0n) is 16.7. The third kappa shape index (κ3) is 2.76. The van der Waals surface area contributed by atoms with E-state index < -0.39 is 40.2 Å². The van der Waals surface area contributed by atoms with Gasteiger partial charge in [-0.25, -0.2) is 0 Å². The fourth-order valence-corrected chi connectivity index (χ4v) is 4.44. The summed E-state index contributed by atoms with van der Waals surface area (Å²) in [7, 11) is 0. The van der Waals surface area contributed by atoms with Crippen molar-refractivity contribution in [3.63, 3.8) is 0 Å². The molecule has 7 N–H and O–H groups in total. The molecule has 0 saturated heterocycles. The van der Waals surface area contributed by atoms with Gasteiger partial charge in [-0.05, 0) is 39.2 Å². The highest BCUT2D eigenvalue weighted by molar-refractivity contribution is 9.10. The number of phenolic OH excluding ortho intramolecular Hbond substituents is 7. The molecule has 4 aromatic carbocycles. The fourth-order valence-electron chi connectivity index (χ4n) is 4.07. The van der Waals surface area contributed by atoms with Gasteiger partial charge in [-0.15, -0.1) is 0 Å². The summed E-state index contributed by atoms with van der Waals surface area (Å²) in [4.78, 5) is 0. The number of hydrogen-bond donors (Lipinski definition) is 7. The molecule has 0 atom stereocenters. The predicted molar refractivity (Wildman–Crippen MR) is 126 cm³/mol. The van der Waals surface area contributed by atoms with Crippen molar-refractivity contribution in [1.82, 2.24) is 4.57 Å². The summed E-state index contributed by atoms with van der Waals surface area (Å²) in [5, 5.41) is 72.7. The molecule has 1 heterocycles. The van der Waals surface area contributed by atoms with E-state index >= 15 is 0 Å². The number of fused-ring (bicyclic) bond motifs is 3. The third-order valence-corrected chi connectivity index (χ3v) is 6.39. The van der Waals surface area contributed by atoms with Gasteiger partial charge in [0.2, 0.25) is 11.5 Å². The summed E-state index contributed by atoms with van der Waals surface area (Å²) >= 11 is 3.03. The average molecular weight is 510 g/mol.